The van der Waals surface area contributed by atoms with Crippen molar-refractivity contribution in [1.82, 2.24) is 15.5 Å². The molecule has 2 heterocycles. The van der Waals surface area contributed by atoms with E-state index in [1.807, 2.05) is 12.1 Å². The van der Waals surface area contributed by atoms with Crippen LogP contribution in [0, 0.1) is 11.7 Å². The van der Waals surface area contributed by atoms with E-state index in [2.05, 4.69) is 38.0 Å². The number of benzene rings is 1. The molecule has 4 nitrogen and oxygen atoms in total. The number of hydrogen-bond donors (Lipinski definition) is 2. The molecule has 6 heteroatoms. The molecule has 1 aromatic heterocycles. The number of rotatable bonds is 6. The summed E-state index contributed by atoms with van der Waals surface area (Å²) in [7, 11) is 1.81. The van der Waals surface area contributed by atoms with Crippen molar-refractivity contribution in [3.8, 4) is 0 Å². The number of halogens is 1. The maximum atomic E-state index is 13.8. The number of nitrogens with one attached hydrogen (secondary N) is 2. The lowest BCUT2D eigenvalue weighted by Gasteiger charge is -2.32. The first-order valence-corrected chi connectivity index (χ1v) is 10.0. The van der Waals surface area contributed by atoms with Gasteiger partial charge in [0, 0.05) is 30.6 Å². The van der Waals surface area contributed by atoms with Gasteiger partial charge in [0.2, 0.25) is 0 Å². The van der Waals surface area contributed by atoms with Gasteiger partial charge in [0.15, 0.2) is 5.96 Å². The van der Waals surface area contributed by atoms with Gasteiger partial charge in [-0.05, 0) is 49.4 Å². The monoisotopic (exact) mass is 374 g/mol. The molecule has 0 saturated carbocycles. The number of likely N-dealkylation sites (tertiary alicyclic amines) is 1. The van der Waals surface area contributed by atoms with Crippen LogP contribution in [0.3, 0.4) is 0 Å². The fourth-order valence-electron chi connectivity index (χ4n) is 3.26. The minimum absolute atomic E-state index is 0.100. The summed E-state index contributed by atoms with van der Waals surface area (Å²) >= 11 is 1.75. The number of guanidine groups is 1. The molecule has 26 heavy (non-hydrogen) atoms. The fraction of sp³-hybridized carbons (Fsp3) is 0.450. The van der Waals surface area contributed by atoms with Gasteiger partial charge >= 0.3 is 0 Å². The van der Waals surface area contributed by atoms with Crippen molar-refractivity contribution in [2.75, 3.05) is 26.7 Å². The van der Waals surface area contributed by atoms with Crippen molar-refractivity contribution in [3.63, 3.8) is 0 Å². The number of thiophene rings is 1. The van der Waals surface area contributed by atoms with Crippen LogP contribution in [-0.2, 0) is 13.1 Å². The van der Waals surface area contributed by atoms with Crippen LogP contribution in [0.15, 0.2) is 46.8 Å². The summed E-state index contributed by atoms with van der Waals surface area (Å²) < 4.78 is 13.8. The smallest absolute Gasteiger partial charge is 0.191 e. The van der Waals surface area contributed by atoms with Crippen LogP contribution in [0.25, 0.3) is 0 Å². The van der Waals surface area contributed by atoms with Crippen molar-refractivity contribution >= 4 is 17.3 Å². The van der Waals surface area contributed by atoms with Gasteiger partial charge in [0.1, 0.15) is 5.82 Å². The Hall–Kier alpha value is -1.92. The highest BCUT2D eigenvalue weighted by Gasteiger charge is 2.20. The second-order valence-corrected chi connectivity index (χ2v) is 7.73. The molecule has 3 rings (SSSR count). The minimum Gasteiger partial charge on any atom is -0.356 e. The van der Waals surface area contributed by atoms with Gasteiger partial charge < -0.3 is 10.6 Å². The van der Waals surface area contributed by atoms with E-state index in [1.54, 1.807) is 30.5 Å². The lowest BCUT2D eigenvalue weighted by molar-refractivity contribution is 0.176. The van der Waals surface area contributed by atoms with Gasteiger partial charge in [-0.2, -0.15) is 0 Å². The predicted molar refractivity (Wildman–Crippen MR) is 107 cm³/mol. The molecule has 2 N–H and O–H groups in total. The summed E-state index contributed by atoms with van der Waals surface area (Å²) in [4.78, 5) is 7.95. The van der Waals surface area contributed by atoms with Gasteiger partial charge in [-0.25, -0.2) is 4.39 Å². The van der Waals surface area contributed by atoms with E-state index in [1.165, 1.54) is 4.88 Å². The summed E-state index contributed by atoms with van der Waals surface area (Å²) in [5, 5.41) is 8.88. The lowest BCUT2D eigenvalue weighted by atomic mass is 9.96. The molecule has 0 bridgehead atoms. The zero-order valence-corrected chi connectivity index (χ0v) is 16.1. The number of piperidine rings is 1. The van der Waals surface area contributed by atoms with E-state index < -0.39 is 0 Å². The summed E-state index contributed by atoms with van der Waals surface area (Å²) in [5.74, 6) is 1.39. The summed E-state index contributed by atoms with van der Waals surface area (Å²) in [6.45, 7) is 4.47. The standard InChI is InChI=1S/C20H27FN4S/c1-22-20(24-14-18-6-4-12-26-18)23-13-16-8-10-25(11-9-16)15-17-5-2-3-7-19(17)21/h2-7,12,16H,8-11,13-15H2,1H3,(H2,22,23,24). The SMILES string of the molecule is CN=C(NCc1cccs1)NCC1CCN(Cc2ccccc2F)CC1. The van der Waals surface area contributed by atoms with Gasteiger partial charge in [-0.3, -0.25) is 9.89 Å². The van der Waals surface area contributed by atoms with Crippen molar-refractivity contribution < 1.29 is 4.39 Å². The first-order chi connectivity index (χ1) is 12.7. The summed E-state index contributed by atoms with van der Waals surface area (Å²) in [6, 6.07) is 11.3. The number of nitrogens with zero attached hydrogens (tertiary/aromatic N) is 2. The van der Waals surface area contributed by atoms with Crippen LogP contribution in [0.1, 0.15) is 23.3 Å². The van der Waals surface area contributed by atoms with Gasteiger partial charge in [-0.1, -0.05) is 24.3 Å². The van der Waals surface area contributed by atoms with E-state index in [4.69, 9.17) is 0 Å². The summed E-state index contributed by atoms with van der Waals surface area (Å²) in [6.07, 6.45) is 2.26. The first-order valence-electron chi connectivity index (χ1n) is 9.17. The zero-order chi connectivity index (χ0) is 18.2. The molecule has 0 amide bonds. The quantitative estimate of drug-likeness (QED) is 0.601. The third-order valence-electron chi connectivity index (χ3n) is 4.85. The Balaban J connectivity index is 1.37. The molecule has 140 valence electrons. The Kier molecular flexibility index (Phi) is 7.03. The van der Waals surface area contributed by atoms with Crippen LogP contribution >= 0.6 is 11.3 Å². The van der Waals surface area contributed by atoms with E-state index in [0.717, 1.165) is 50.5 Å². The topological polar surface area (TPSA) is 39.7 Å². The Bertz CT molecular complexity index is 694. The first kappa shape index (κ1) is 18.9. The van der Waals surface area contributed by atoms with E-state index >= 15 is 0 Å². The van der Waals surface area contributed by atoms with Crippen LogP contribution in [-0.4, -0.2) is 37.5 Å². The molecule has 0 unspecified atom stereocenters. The zero-order valence-electron chi connectivity index (χ0n) is 15.2. The molecule has 1 fully saturated rings. The largest absolute Gasteiger partial charge is 0.356 e. The molecule has 1 aliphatic rings. The average Bonchev–Trinajstić information content (AvgIpc) is 3.18. The van der Waals surface area contributed by atoms with Gasteiger partial charge in [-0.15, -0.1) is 11.3 Å². The lowest BCUT2D eigenvalue weighted by Crippen LogP contribution is -2.42. The summed E-state index contributed by atoms with van der Waals surface area (Å²) in [5.41, 5.74) is 0.794. The average molecular weight is 375 g/mol. The minimum atomic E-state index is -0.100. The van der Waals surface area contributed by atoms with Gasteiger partial charge in [0.25, 0.3) is 0 Å². The van der Waals surface area contributed by atoms with Crippen LogP contribution < -0.4 is 10.6 Å². The maximum Gasteiger partial charge on any atom is 0.191 e. The molecule has 1 aliphatic heterocycles. The van der Waals surface area contributed by atoms with E-state index in [0.29, 0.717) is 12.5 Å². The Morgan fingerprint density at radius 1 is 1.19 bits per heavy atom. The number of aliphatic imine (C=N–C) groups is 1. The number of hydrogen-bond acceptors (Lipinski definition) is 3. The second-order valence-electron chi connectivity index (χ2n) is 6.70. The van der Waals surface area contributed by atoms with E-state index in [9.17, 15) is 4.39 Å². The van der Waals surface area contributed by atoms with Crippen LogP contribution in [0.4, 0.5) is 4.39 Å². The van der Waals surface area contributed by atoms with Crippen molar-refractivity contribution in [3.05, 3.63) is 58.0 Å². The Morgan fingerprint density at radius 2 is 2.00 bits per heavy atom. The van der Waals surface area contributed by atoms with Crippen LogP contribution in [0.5, 0.6) is 0 Å². The van der Waals surface area contributed by atoms with Crippen LogP contribution in [0.2, 0.25) is 0 Å². The fourth-order valence-corrected chi connectivity index (χ4v) is 3.91. The van der Waals surface area contributed by atoms with Gasteiger partial charge in [0.05, 0.1) is 6.54 Å². The molecule has 0 aliphatic carbocycles. The third-order valence-corrected chi connectivity index (χ3v) is 5.73. The highest BCUT2D eigenvalue weighted by atomic mass is 32.1. The molecule has 0 radical (unpaired) electrons. The molecule has 0 atom stereocenters. The third kappa shape index (κ3) is 5.54. The molecule has 1 saturated heterocycles. The molecular weight excluding hydrogens is 347 g/mol. The highest BCUT2D eigenvalue weighted by molar-refractivity contribution is 7.09. The normalized spacial score (nSPS) is 16.6. The van der Waals surface area contributed by atoms with Crippen molar-refractivity contribution in [2.24, 2.45) is 10.9 Å². The van der Waals surface area contributed by atoms with E-state index in [-0.39, 0.29) is 5.82 Å². The van der Waals surface area contributed by atoms with Crippen molar-refractivity contribution in [1.29, 1.82) is 0 Å². The maximum absolute atomic E-state index is 13.8. The molecule has 0 spiro atoms. The molecule has 2 aromatic rings. The predicted octanol–water partition coefficient (Wildman–Crippen LogP) is 3.46. The van der Waals surface area contributed by atoms with Crippen molar-refractivity contribution in [2.45, 2.75) is 25.9 Å². The molecule has 1 aromatic carbocycles. The molecular formula is C20H27FN4S. The second kappa shape index (κ2) is 9.69. The Labute approximate surface area is 159 Å². The highest BCUT2D eigenvalue weighted by Crippen LogP contribution is 2.19. The Morgan fingerprint density at radius 3 is 2.69 bits per heavy atom.